The van der Waals surface area contributed by atoms with Crippen molar-refractivity contribution in [3.05, 3.63) is 28.5 Å². The third kappa shape index (κ3) is 4.83. The van der Waals surface area contributed by atoms with Gasteiger partial charge in [0.25, 0.3) is 0 Å². The smallest absolute Gasteiger partial charge is 0.242 e. The zero-order valence-electron chi connectivity index (χ0n) is 10.8. The molecular weight excluding hydrogens is 337 g/mol. The standard InChI is InChI=1S/C12H17BrFNO3S/c1-3-4-10(8-18-2)15-19(16,17)12-6-5-9(14)7-11(12)13/h5-7,10,15H,3-4,8H2,1-2H3. The van der Waals surface area contributed by atoms with Gasteiger partial charge in [0.1, 0.15) is 5.82 Å². The molecule has 0 heterocycles. The summed E-state index contributed by atoms with van der Waals surface area (Å²) in [5, 5.41) is 0. The van der Waals surface area contributed by atoms with Crippen LogP contribution in [-0.4, -0.2) is 28.2 Å². The van der Waals surface area contributed by atoms with Crippen LogP contribution < -0.4 is 4.72 Å². The van der Waals surface area contributed by atoms with Gasteiger partial charge in [0.15, 0.2) is 0 Å². The van der Waals surface area contributed by atoms with Crippen molar-refractivity contribution in [2.45, 2.75) is 30.7 Å². The first-order valence-corrected chi connectivity index (χ1v) is 8.14. The molecule has 0 spiro atoms. The average Bonchev–Trinajstić information content (AvgIpc) is 2.28. The number of nitrogens with one attached hydrogen (secondary N) is 1. The van der Waals surface area contributed by atoms with Crippen LogP contribution in [0.25, 0.3) is 0 Å². The lowest BCUT2D eigenvalue weighted by molar-refractivity contribution is 0.171. The molecule has 0 bridgehead atoms. The number of benzene rings is 1. The van der Waals surface area contributed by atoms with E-state index in [4.69, 9.17) is 4.74 Å². The number of rotatable bonds is 7. The van der Waals surface area contributed by atoms with Gasteiger partial charge in [-0.3, -0.25) is 0 Å². The number of hydrogen-bond donors (Lipinski definition) is 1. The molecule has 1 atom stereocenters. The predicted molar refractivity (Wildman–Crippen MR) is 75.0 cm³/mol. The molecule has 0 saturated carbocycles. The summed E-state index contributed by atoms with van der Waals surface area (Å²) in [7, 11) is -2.18. The van der Waals surface area contributed by atoms with Crippen LogP contribution in [0, 0.1) is 5.82 Å². The second-order valence-electron chi connectivity index (χ2n) is 4.14. The SMILES string of the molecule is CCCC(COC)NS(=O)(=O)c1ccc(F)cc1Br. The van der Waals surface area contributed by atoms with Crippen LogP contribution in [0.4, 0.5) is 4.39 Å². The minimum Gasteiger partial charge on any atom is -0.383 e. The monoisotopic (exact) mass is 353 g/mol. The van der Waals surface area contributed by atoms with E-state index in [0.717, 1.165) is 18.6 Å². The highest BCUT2D eigenvalue weighted by Crippen LogP contribution is 2.23. The van der Waals surface area contributed by atoms with Crippen molar-refractivity contribution >= 4 is 26.0 Å². The Morgan fingerprint density at radius 1 is 1.47 bits per heavy atom. The molecule has 1 unspecified atom stereocenters. The second-order valence-corrected chi connectivity index (χ2v) is 6.67. The van der Waals surface area contributed by atoms with Crippen LogP contribution in [0.3, 0.4) is 0 Å². The molecule has 0 saturated heterocycles. The second kappa shape index (κ2) is 7.33. The molecular formula is C12H17BrFNO3S. The van der Waals surface area contributed by atoms with E-state index in [0.29, 0.717) is 13.0 Å². The van der Waals surface area contributed by atoms with Crippen molar-refractivity contribution in [1.82, 2.24) is 4.72 Å². The Bertz CT molecular complexity index is 516. The zero-order chi connectivity index (χ0) is 14.5. The predicted octanol–water partition coefficient (Wildman–Crippen LogP) is 2.68. The molecule has 0 radical (unpaired) electrons. The highest BCUT2D eigenvalue weighted by Gasteiger charge is 2.22. The molecule has 0 aromatic heterocycles. The summed E-state index contributed by atoms with van der Waals surface area (Å²) in [6.07, 6.45) is 1.51. The van der Waals surface area contributed by atoms with Crippen LogP contribution in [0.15, 0.2) is 27.6 Å². The van der Waals surface area contributed by atoms with Gasteiger partial charge < -0.3 is 4.74 Å². The lowest BCUT2D eigenvalue weighted by Gasteiger charge is -2.17. The van der Waals surface area contributed by atoms with Gasteiger partial charge in [-0.25, -0.2) is 17.5 Å². The van der Waals surface area contributed by atoms with E-state index in [1.807, 2.05) is 6.92 Å². The first kappa shape index (κ1) is 16.6. The van der Waals surface area contributed by atoms with E-state index < -0.39 is 15.8 Å². The van der Waals surface area contributed by atoms with Crippen molar-refractivity contribution in [2.24, 2.45) is 0 Å². The number of sulfonamides is 1. The van der Waals surface area contributed by atoms with Crippen LogP contribution in [0.5, 0.6) is 0 Å². The highest BCUT2D eigenvalue weighted by molar-refractivity contribution is 9.10. The largest absolute Gasteiger partial charge is 0.383 e. The van der Waals surface area contributed by atoms with Crippen LogP contribution in [0.1, 0.15) is 19.8 Å². The van der Waals surface area contributed by atoms with E-state index in [1.165, 1.54) is 13.2 Å². The Morgan fingerprint density at radius 2 is 2.16 bits per heavy atom. The fourth-order valence-electron chi connectivity index (χ4n) is 1.70. The van der Waals surface area contributed by atoms with Crippen LogP contribution in [-0.2, 0) is 14.8 Å². The Morgan fingerprint density at radius 3 is 2.68 bits per heavy atom. The number of halogens is 2. The first-order chi connectivity index (χ1) is 8.90. The zero-order valence-corrected chi connectivity index (χ0v) is 13.2. The Hall–Kier alpha value is -0.500. The van der Waals surface area contributed by atoms with Gasteiger partial charge in [-0.15, -0.1) is 0 Å². The van der Waals surface area contributed by atoms with E-state index in [-0.39, 0.29) is 15.4 Å². The van der Waals surface area contributed by atoms with Gasteiger partial charge in [-0.05, 0) is 40.5 Å². The molecule has 4 nitrogen and oxygen atoms in total. The molecule has 0 aliphatic heterocycles. The lowest BCUT2D eigenvalue weighted by Crippen LogP contribution is -2.38. The Balaban J connectivity index is 2.96. The summed E-state index contributed by atoms with van der Waals surface area (Å²) in [4.78, 5) is 0.0195. The average molecular weight is 354 g/mol. The minimum atomic E-state index is -3.69. The third-order valence-corrected chi connectivity index (χ3v) is 5.01. The normalized spacial score (nSPS) is 13.5. The molecule has 0 amide bonds. The third-order valence-electron chi connectivity index (χ3n) is 2.51. The van der Waals surface area contributed by atoms with Crippen molar-refractivity contribution in [3.63, 3.8) is 0 Å². The van der Waals surface area contributed by atoms with Crippen LogP contribution >= 0.6 is 15.9 Å². The van der Waals surface area contributed by atoms with Crippen molar-refractivity contribution in [1.29, 1.82) is 0 Å². The van der Waals surface area contributed by atoms with Gasteiger partial charge in [-0.2, -0.15) is 0 Å². The minimum absolute atomic E-state index is 0.0195. The number of methoxy groups -OCH3 is 1. The fourth-order valence-corrected chi connectivity index (χ4v) is 4.01. The van der Waals surface area contributed by atoms with E-state index in [9.17, 15) is 12.8 Å². The molecule has 7 heteroatoms. The maximum Gasteiger partial charge on any atom is 0.242 e. The molecule has 1 rings (SSSR count). The molecule has 1 aromatic rings. The summed E-state index contributed by atoms with van der Waals surface area (Å²) in [5.41, 5.74) is 0. The van der Waals surface area contributed by atoms with Gasteiger partial charge in [-0.1, -0.05) is 13.3 Å². The van der Waals surface area contributed by atoms with Gasteiger partial charge >= 0.3 is 0 Å². The van der Waals surface area contributed by atoms with Crippen molar-refractivity contribution in [2.75, 3.05) is 13.7 Å². The maximum atomic E-state index is 13.0. The molecule has 0 aliphatic carbocycles. The number of ether oxygens (including phenoxy) is 1. The van der Waals surface area contributed by atoms with E-state index in [1.54, 1.807) is 0 Å². The van der Waals surface area contributed by atoms with Crippen molar-refractivity contribution < 1.29 is 17.5 Å². The summed E-state index contributed by atoms with van der Waals surface area (Å²) >= 11 is 3.06. The topological polar surface area (TPSA) is 55.4 Å². The highest BCUT2D eigenvalue weighted by atomic mass is 79.9. The van der Waals surface area contributed by atoms with Gasteiger partial charge in [0.2, 0.25) is 10.0 Å². The van der Waals surface area contributed by atoms with Crippen LogP contribution in [0.2, 0.25) is 0 Å². The van der Waals surface area contributed by atoms with Gasteiger partial charge in [0, 0.05) is 17.6 Å². The molecule has 0 fully saturated rings. The number of hydrogen-bond acceptors (Lipinski definition) is 3. The Labute approximate surface area is 121 Å². The van der Waals surface area contributed by atoms with E-state index in [2.05, 4.69) is 20.7 Å². The Kier molecular flexibility index (Phi) is 6.38. The lowest BCUT2D eigenvalue weighted by atomic mass is 10.2. The summed E-state index contributed by atoms with van der Waals surface area (Å²) in [6.45, 7) is 2.26. The fraction of sp³-hybridized carbons (Fsp3) is 0.500. The summed E-state index contributed by atoms with van der Waals surface area (Å²) < 4.78 is 45.1. The first-order valence-electron chi connectivity index (χ1n) is 5.87. The molecule has 0 aliphatic rings. The molecule has 1 N–H and O–H groups in total. The molecule has 108 valence electrons. The van der Waals surface area contributed by atoms with E-state index >= 15 is 0 Å². The molecule has 19 heavy (non-hydrogen) atoms. The summed E-state index contributed by atoms with van der Waals surface area (Å²) in [5.74, 6) is -0.493. The maximum absolute atomic E-state index is 13.0. The summed E-state index contributed by atoms with van der Waals surface area (Å²) in [6, 6.07) is 3.18. The molecule has 1 aromatic carbocycles. The van der Waals surface area contributed by atoms with Gasteiger partial charge in [0.05, 0.1) is 11.5 Å². The quantitative estimate of drug-likeness (QED) is 0.819. The van der Waals surface area contributed by atoms with Crippen molar-refractivity contribution in [3.8, 4) is 0 Å².